The lowest BCUT2D eigenvalue weighted by Gasteiger charge is -1.89. The molecule has 2 rings (SSSR count). The number of aromatic nitrogens is 1. The Bertz CT molecular complexity index is 298. The van der Waals surface area contributed by atoms with Crippen LogP contribution in [0.25, 0.3) is 0 Å². The Morgan fingerprint density at radius 2 is 1.85 bits per heavy atom. The number of benzene rings is 1. The molecule has 13 heavy (non-hydrogen) atoms. The first kappa shape index (κ1) is 9.12. The normalized spacial score (nSPS) is 8.62. The van der Waals surface area contributed by atoms with Crippen LogP contribution < -0.4 is 0 Å². The highest BCUT2D eigenvalue weighted by atomic mass is 16.3. The Hall–Kier alpha value is -1.97. The van der Waals surface area contributed by atoms with Crippen molar-refractivity contribution in [3.8, 4) is 11.5 Å². The average molecular weight is 179 g/mol. The standard InChI is InChI=1S/C6H6O2.C3H3NO/c7-5-2-1-3-6(8)4-5;1-2-5-3-4-1/h1-4,7-8H;1-3H. The van der Waals surface area contributed by atoms with Crippen LogP contribution >= 0.6 is 0 Å². The molecule has 4 heteroatoms. The van der Waals surface area contributed by atoms with Crippen LogP contribution in [0.1, 0.15) is 0 Å². The predicted molar refractivity (Wildman–Crippen MR) is 46.3 cm³/mol. The van der Waals surface area contributed by atoms with E-state index in [0.29, 0.717) is 0 Å². The van der Waals surface area contributed by atoms with Crippen LogP contribution in [0.15, 0.2) is 47.5 Å². The van der Waals surface area contributed by atoms with Gasteiger partial charge in [-0.05, 0) is 12.1 Å². The molecule has 0 fully saturated rings. The molecule has 2 aromatic rings. The number of aromatic hydroxyl groups is 2. The number of nitrogens with zero attached hydrogens (tertiary/aromatic N) is 1. The number of rotatable bonds is 0. The second-order valence-electron chi connectivity index (χ2n) is 2.20. The highest BCUT2D eigenvalue weighted by Gasteiger charge is 1.85. The van der Waals surface area contributed by atoms with Gasteiger partial charge in [-0.2, -0.15) is 0 Å². The SMILES string of the molecule is Oc1cccc(O)c1.c1cocn1. The minimum Gasteiger partial charge on any atom is -0.508 e. The van der Waals surface area contributed by atoms with E-state index in [9.17, 15) is 0 Å². The zero-order valence-electron chi connectivity index (χ0n) is 6.79. The zero-order chi connectivity index (χ0) is 9.52. The van der Waals surface area contributed by atoms with Crippen molar-refractivity contribution in [3.63, 3.8) is 0 Å². The summed E-state index contributed by atoms with van der Waals surface area (Å²) in [5.41, 5.74) is 0. The largest absolute Gasteiger partial charge is 0.508 e. The fourth-order valence-electron chi connectivity index (χ4n) is 0.669. The second-order valence-corrected chi connectivity index (χ2v) is 2.20. The number of oxazole rings is 1. The van der Waals surface area contributed by atoms with Gasteiger partial charge in [-0.15, -0.1) is 0 Å². The molecule has 1 aromatic carbocycles. The molecule has 0 radical (unpaired) electrons. The van der Waals surface area contributed by atoms with Gasteiger partial charge in [-0.25, -0.2) is 4.98 Å². The van der Waals surface area contributed by atoms with Crippen molar-refractivity contribution in [1.29, 1.82) is 0 Å². The van der Waals surface area contributed by atoms with Crippen molar-refractivity contribution in [1.82, 2.24) is 4.98 Å². The van der Waals surface area contributed by atoms with Gasteiger partial charge in [0.05, 0.1) is 6.20 Å². The fourth-order valence-corrected chi connectivity index (χ4v) is 0.669. The van der Waals surface area contributed by atoms with Gasteiger partial charge in [0, 0.05) is 6.07 Å². The van der Waals surface area contributed by atoms with E-state index in [1.54, 1.807) is 12.3 Å². The maximum atomic E-state index is 8.65. The number of phenols is 2. The molecule has 0 saturated carbocycles. The third-order valence-electron chi connectivity index (χ3n) is 1.18. The number of phenolic OH excluding ortho intramolecular Hbond substituents is 2. The minimum absolute atomic E-state index is 0.0880. The maximum Gasteiger partial charge on any atom is 0.180 e. The summed E-state index contributed by atoms with van der Waals surface area (Å²) in [4.78, 5) is 3.56. The lowest BCUT2D eigenvalue weighted by molar-refractivity contribution is 0.450. The summed E-state index contributed by atoms with van der Waals surface area (Å²) >= 11 is 0. The Morgan fingerprint density at radius 1 is 1.15 bits per heavy atom. The molecule has 1 aromatic heterocycles. The third kappa shape index (κ3) is 3.81. The number of hydrogen-bond donors (Lipinski definition) is 2. The molecule has 0 amide bonds. The molecule has 1 heterocycles. The summed E-state index contributed by atoms with van der Waals surface area (Å²) in [5, 5.41) is 17.3. The lowest BCUT2D eigenvalue weighted by Crippen LogP contribution is -1.61. The Balaban J connectivity index is 0.000000145. The molecule has 0 unspecified atom stereocenters. The Morgan fingerprint density at radius 3 is 2.08 bits per heavy atom. The van der Waals surface area contributed by atoms with Crippen LogP contribution in [0.5, 0.6) is 11.5 Å². The molecular formula is C9H9NO3. The molecular weight excluding hydrogens is 170 g/mol. The highest BCUT2D eigenvalue weighted by Crippen LogP contribution is 2.14. The van der Waals surface area contributed by atoms with Gasteiger partial charge >= 0.3 is 0 Å². The lowest BCUT2D eigenvalue weighted by atomic mass is 10.3. The molecule has 0 bridgehead atoms. The first-order valence-corrected chi connectivity index (χ1v) is 3.59. The van der Waals surface area contributed by atoms with Gasteiger partial charge in [0.2, 0.25) is 0 Å². The van der Waals surface area contributed by atoms with E-state index in [0.717, 1.165) is 0 Å². The van der Waals surface area contributed by atoms with Crippen molar-refractivity contribution in [2.45, 2.75) is 0 Å². The first-order chi connectivity index (χ1) is 6.29. The van der Waals surface area contributed by atoms with E-state index in [2.05, 4.69) is 9.40 Å². The number of hydrogen-bond acceptors (Lipinski definition) is 4. The quantitative estimate of drug-likeness (QED) is 0.646. The van der Waals surface area contributed by atoms with Crippen molar-refractivity contribution in [3.05, 3.63) is 43.1 Å². The fraction of sp³-hybridized carbons (Fsp3) is 0. The van der Waals surface area contributed by atoms with E-state index < -0.39 is 0 Å². The predicted octanol–water partition coefficient (Wildman–Crippen LogP) is 1.77. The van der Waals surface area contributed by atoms with Crippen molar-refractivity contribution in [2.75, 3.05) is 0 Å². The van der Waals surface area contributed by atoms with Crippen LogP contribution in [-0.4, -0.2) is 15.2 Å². The zero-order valence-corrected chi connectivity index (χ0v) is 6.79. The van der Waals surface area contributed by atoms with Crippen LogP contribution in [-0.2, 0) is 0 Å². The van der Waals surface area contributed by atoms with Gasteiger partial charge in [0.15, 0.2) is 6.39 Å². The summed E-state index contributed by atoms with van der Waals surface area (Å²) in [5.74, 6) is 0.176. The van der Waals surface area contributed by atoms with Gasteiger partial charge in [0.1, 0.15) is 17.8 Å². The molecule has 0 aliphatic carbocycles. The van der Waals surface area contributed by atoms with E-state index in [1.807, 2.05) is 0 Å². The summed E-state index contributed by atoms with van der Waals surface area (Å²) in [7, 11) is 0. The van der Waals surface area contributed by atoms with Crippen LogP contribution in [0, 0.1) is 0 Å². The smallest absolute Gasteiger partial charge is 0.180 e. The molecule has 0 spiro atoms. The Labute approximate surface area is 75.1 Å². The van der Waals surface area contributed by atoms with Gasteiger partial charge < -0.3 is 14.6 Å². The molecule has 0 aliphatic heterocycles. The van der Waals surface area contributed by atoms with Gasteiger partial charge in [-0.1, -0.05) is 6.07 Å². The van der Waals surface area contributed by atoms with Crippen molar-refractivity contribution in [2.24, 2.45) is 0 Å². The summed E-state index contributed by atoms with van der Waals surface area (Å²) in [6.45, 7) is 0. The highest BCUT2D eigenvalue weighted by molar-refractivity contribution is 5.30. The molecule has 2 N–H and O–H groups in total. The van der Waals surface area contributed by atoms with Crippen molar-refractivity contribution >= 4 is 0 Å². The maximum absolute atomic E-state index is 8.65. The molecule has 0 saturated heterocycles. The topological polar surface area (TPSA) is 66.5 Å². The Kier molecular flexibility index (Phi) is 3.38. The van der Waals surface area contributed by atoms with E-state index in [-0.39, 0.29) is 11.5 Å². The average Bonchev–Trinajstić information content (AvgIpc) is 2.59. The summed E-state index contributed by atoms with van der Waals surface area (Å²) < 4.78 is 4.47. The van der Waals surface area contributed by atoms with Crippen LogP contribution in [0.4, 0.5) is 0 Å². The van der Waals surface area contributed by atoms with Crippen LogP contribution in [0.3, 0.4) is 0 Å². The second kappa shape index (κ2) is 4.82. The first-order valence-electron chi connectivity index (χ1n) is 3.59. The van der Waals surface area contributed by atoms with Crippen LogP contribution in [0.2, 0.25) is 0 Å². The summed E-state index contributed by atoms with van der Waals surface area (Å²) in [6.07, 6.45) is 4.47. The van der Waals surface area contributed by atoms with Gasteiger partial charge in [0.25, 0.3) is 0 Å². The molecule has 68 valence electrons. The molecule has 0 aliphatic rings. The molecule has 0 atom stereocenters. The van der Waals surface area contributed by atoms with E-state index in [1.165, 1.54) is 30.9 Å². The van der Waals surface area contributed by atoms with E-state index >= 15 is 0 Å². The van der Waals surface area contributed by atoms with Gasteiger partial charge in [-0.3, -0.25) is 0 Å². The molecule has 4 nitrogen and oxygen atoms in total. The monoisotopic (exact) mass is 179 g/mol. The summed E-state index contributed by atoms with van der Waals surface area (Å²) in [6, 6.07) is 5.85. The minimum atomic E-state index is 0.0880. The van der Waals surface area contributed by atoms with Crippen molar-refractivity contribution < 1.29 is 14.6 Å². The third-order valence-corrected chi connectivity index (χ3v) is 1.18. The van der Waals surface area contributed by atoms with E-state index in [4.69, 9.17) is 10.2 Å².